The Morgan fingerprint density at radius 2 is 2.22 bits per heavy atom. The minimum absolute atomic E-state index is 0.123. The highest BCUT2D eigenvalue weighted by Gasteiger charge is 2.51. The normalized spacial score (nSPS) is 22.9. The van der Waals surface area contributed by atoms with Crippen LogP contribution in [0.1, 0.15) is 25.5 Å². The second kappa shape index (κ2) is 4.72. The average Bonchev–Trinajstić information content (AvgIpc) is 2.84. The van der Waals surface area contributed by atoms with Crippen LogP contribution in [0.25, 0.3) is 0 Å². The minimum atomic E-state index is -1.01. The molecule has 1 aromatic heterocycles. The first-order chi connectivity index (χ1) is 8.63. The van der Waals surface area contributed by atoms with Crippen molar-refractivity contribution in [1.82, 2.24) is 20.2 Å². The fourth-order valence-electron chi connectivity index (χ4n) is 2.58. The monoisotopic (exact) mass is 248 g/mol. The summed E-state index contributed by atoms with van der Waals surface area (Å²) in [6, 6.07) is 0. The van der Waals surface area contributed by atoms with E-state index in [0.29, 0.717) is 18.7 Å². The second-order valence-corrected chi connectivity index (χ2v) is 4.30. The lowest BCUT2D eigenvalue weighted by molar-refractivity contribution is -0.144. The third-order valence-electron chi connectivity index (χ3n) is 3.35. The van der Waals surface area contributed by atoms with Gasteiger partial charge < -0.3 is 10.2 Å². The van der Waals surface area contributed by atoms with E-state index in [1.165, 1.54) is 13.1 Å². The number of carbonyl (C=O) groups is 2. The number of nitrogens with one attached hydrogen (secondary N) is 1. The third-order valence-corrected chi connectivity index (χ3v) is 3.35. The van der Waals surface area contributed by atoms with Gasteiger partial charge in [0.1, 0.15) is 0 Å². The molecule has 0 aliphatic carbocycles. The number of hydrogen-bond acceptors (Lipinski definition) is 4. The predicted octanol–water partition coefficient (Wildman–Crippen LogP) is 0.0602. The first kappa shape index (κ1) is 12.5. The molecule has 0 saturated carbocycles. The van der Waals surface area contributed by atoms with E-state index in [9.17, 15) is 9.59 Å². The highest BCUT2D eigenvalue weighted by atomic mass is 16.2. The molecule has 1 aliphatic heterocycles. The second-order valence-electron chi connectivity index (χ2n) is 4.30. The Balaban J connectivity index is 2.54. The molecule has 0 aromatic carbocycles. The number of nitrogens with zero attached hydrogens (tertiary/aromatic N) is 3. The molecule has 0 bridgehead atoms. The molecule has 1 fully saturated rings. The van der Waals surface area contributed by atoms with Crippen LogP contribution < -0.4 is 5.32 Å². The standard InChI is InChI=1S/C12H16N4O2/c1-9(17)16-7-3-4-12(16,11(18)13-2)10-8-14-5-6-15-10/h5-6,8H,3-4,7H2,1-2H3,(H,13,18)/t12-/m0/s1. The molecule has 0 spiro atoms. The van der Waals surface area contributed by atoms with Gasteiger partial charge in [-0.3, -0.25) is 19.6 Å². The molecular formula is C12H16N4O2. The van der Waals surface area contributed by atoms with Crippen LogP contribution in [0.15, 0.2) is 18.6 Å². The molecule has 2 amide bonds. The average molecular weight is 248 g/mol. The summed E-state index contributed by atoms with van der Waals surface area (Å²) in [7, 11) is 1.57. The van der Waals surface area contributed by atoms with E-state index in [2.05, 4.69) is 15.3 Å². The lowest BCUT2D eigenvalue weighted by Gasteiger charge is -2.35. The number of amides is 2. The molecule has 6 nitrogen and oxygen atoms in total. The van der Waals surface area contributed by atoms with Gasteiger partial charge in [-0.15, -0.1) is 0 Å². The molecule has 96 valence electrons. The van der Waals surface area contributed by atoms with Crippen molar-refractivity contribution in [1.29, 1.82) is 0 Å². The molecular weight excluding hydrogens is 232 g/mol. The number of hydrogen-bond donors (Lipinski definition) is 1. The van der Waals surface area contributed by atoms with Gasteiger partial charge in [-0.1, -0.05) is 0 Å². The first-order valence-electron chi connectivity index (χ1n) is 5.90. The van der Waals surface area contributed by atoms with Crippen LogP contribution in [-0.4, -0.2) is 40.3 Å². The SMILES string of the molecule is CNC(=O)[C@@]1(c2cnccn2)CCCN1C(C)=O. The van der Waals surface area contributed by atoms with Crippen molar-refractivity contribution in [3.63, 3.8) is 0 Å². The fourth-order valence-corrected chi connectivity index (χ4v) is 2.58. The summed E-state index contributed by atoms with van der Waals surface area (Å²) in [6.45, 7) is 2.04. The molecule has 1 N–H and O–H groups in total. The Morgan fingerprint density at radius 1 is 1.44 bits per heavy atom. The Morgan fingerprint density at radius 3 is 2.78 bits per heavy atom. The van der Waals surface area contributed by atoms with Crippen molar-refractivity contribution >= 4 is 11.8 Å². The molecule has 2 rings (SSSR count). The largest absolute Gasteiger partial charge is 0.357 e. The number of aromatic nitrogens is 2. The summed E-state index contributed by atoms with van der Waals surface area (Å²) in [5.74, 6) is -0.336. The fraction of sp³-hybridized carbons (Fsp3) is 0.500. The van der Waals surface area contributed by atoms with Gasteiger partial charge in [-0.2, -0.15) is 0 Å². The summed E-state index contributed by atoms with van der Waals surface area (Å²) in [4.78, 5) is 33.8. The van der Waals surface area contributed by atoms with Crippen LogP contribution in [-0.2, 0) is 15.1 Å². The zero-order valence-electron chi connectivity index (χ0n) is 10.5. The maximum Gasteiger partial charge on any atom is 0.252 e. The number of rotatable bonds is 2. The number of likely N-dealkylation sites (N-methyl/N-ethyl adjacent to an activating group) is 1. The van der Waals surface area contributed by atoms with E-state index >= 15 is 0 Å². The van der Waals surface area contributed by atoms with E-state index in [-0.39, 0.29) is 11.8 Å². The zero-order valence-corrected chi connectivity index (χ0v) is 10.5. The minimum Gasteiger partial charge on any atom is -0.357 e. The lowest BCUT2D eigenvalue weighted by atomic mass is 9.90. The van der Waals surface area contributed by atoms with Crippen LogP contribution in [0, 0.1) is 0 Å². The quantitative estimate of drug-likeness (QED) is 0.803. The zero-order chi connectivity index (χ0) is 13.2. The molecule has 0 unspecified atom stereocenters. The summed E-state index contributed by atoms with van der Waals surface area (Å²) in [5, 5.41) is 2.63. The lowest BCUT2D eigenvalue weighted by Crippen LogP contribution is -2.54. The Bertz CT molecular complexity index is 462. The van der Waals surface area contributed by atoms with Gasteiger partial charge in [0.15, 0.2) is 5.54 Å². The van der Waals surface area contributed by atoms with Gasteiger partial charge in [0, 0.05) is 32.9 Å². The number of carbonyl (C=O) groups excluding carboxylic acids is 2. The Kier molecular flexibility index (Phi) is 3.27. The highest BCUT2D eigenvalue weighted by Crippen LogP contribution is 2.37. The summed E-state index contributed by atoms with van der Waals surface area (Å²) >= 11 is 0. The van der Waals surface area contributed by atoms with E-state index < -0.39 is 5.54 Å². The van der Waals surface area contributed by atoms with Gasteiger partial charge in [-0.25, -0.2) is 0 Å². The Labute approximate surface area is 105 Å². The molecule has 2 heterocycles. The van der Waals surface area contributed by atoms with Crippen molar-refractivity contribution in [2.75, 3.05) is 13.6 Å². The van der Waals surface area contributed by atoms with Gasteiger partial charge >= 0.3 is 0 Å². The van der Waals surface area contributed by atoms with Crippen LogP contribution in [0.4, 0.5) is 0 Å². The van der Waals surface area contributed by atoms with Crippen LogP contribution in [0.2, 0.25) is 0 Å². The summed E-state index contributed by atoms with van der Waals surface area (Å²) in [5.41, 5.74) is -0.480. The van der Waals surface area contributed by atoms with E-state index in [1.807, 2.05) is 0 Å². The summed E-state index contributed by atoms with van der Waals surface area (Å²) in [6.07, 6.45) is 6.00. The molecule has 18 heavy (non-hydrogen) atoms. The van der Waals surface area contributed by atoms with Crippen molar-refractivity contribution in [2.24, 2.45) is 0 Å². The maximum atomic E-state index is 12.3. The van der Waals surface area contributed by atoms with Crippen LogP contribution >= 0.6 is 0 Å². The maximum absolute atomic E-state index is 12.3. The topological polar surface area (TPSA) is 75.2 Å². The third kappa shape index (κ3) is 1.73. The molecule has 1 aliphatic rings. The highest BCUT2D eigenvalue weighted by molar-refractivity contribution is 5.92. The smallest absolute Gasteiger partial charge is 0.252 e. The van der Waals surface area contributed by atoms with Crippen LogP contribution in [0.3, 0.4) is 0 Å². The number of likely N-dealkylation sites (tertiary alicyclic amines) is 1. The van der Waals surface area contributed by atoms with E-state index in [1.54, 1.807) is 24.3 Å². The van der Waals surface area contributed by atoms with Crippen LogP contribution in [0.5, 0.6) is 0 Å². The predicted molar refractivity (Wildman–Crippen MR) is 64.4 cm³/mol. The van der Waals surface area contributed by atoms with Gasteiger partial charge in [0.2, 0.25) is 5.91 Å². The molecule has 0 radical (unpaired) electrons. The van der Waals surface area contributed by atoms with Gasteiger partial charge in [-0.05, 0) is 12.8 Å². The van der Waals surface area contributed by atoms with Gasteiger partial charge in [0.05, 0.1) is 11.9 Å². The van der Waals surface area contributed by atoms with Crippen molar-refractivity contribution < 1.29 is 9.59 Å². The van der Waals surface area contributed by atoms with Gasteiger partial charge in [0.25, 0.3) is 5.91 Å². The summed E-state index contributed by atoms with van der Waals surface area (Å²) < 4.78 is 0. The van der Waals surface area contributed by atoms with E-state index in [4.69, 9.17) is 0 Å². The van der Waals surface area contributed by atoms with Crippen molar-refractivity contribution in [3.05, 3.63) is 24.3 Å². The molecule has 1 aromatic rings. The van der Waals surface area contributed by atoms with Crippen molar-refractivity contribution in [2.45, 2.75) is 25.3 Å². The first-order valence-corrected chi connectivity index (χ1v) is 5.90. The molecule has 1 atom stereocenters. The van der Waals surface area contributed by atoms with Crippen molar-refractivity contribution in [3.8, 4) is 0 Å². The van der Waals surface area contributed by atoms with E-state index in [0.717, 1.165) is 6.42 Å². The Hall–Kier alpha value is -1.98. The molecule has 1 saturated heterocycles. The molecule has 6 heteroatoms.